The summed E-state index contributed by atoms with van der Waals surface area (Å²) in [6.07, 6.45) is -2.51. The number of aliphatic hydroxyl groups excluding tert-OH is 3. The predicted octanol–water partition coefficient (Wildman–Crippen LogP) is -1.32. The van der Waals surface area contributed by atoms with E-state index in [-0.39, 0.29) is 25.1 Å². The van der Waals surface area contributed by atoms with Gasteiger partial charge < -0.3 is 26.0 Å². The van der Waals surface area contributed by atoms with E-state index in [0.717, 1.165) is 6.07 Å². The number of rotatable bonds is 5. The number of nitrogens with one attached hydrogen (secondary N) is 2. The number of hydrogen-bond acceptors (Lipinski definition) is 5. The average molecular weight is 316 g/mol. The van der Waals surface area contributed by atoms with Crippen molar-refractivity contribution >= 4 is 5.91 Å². The fraction of sp³-hybridized carbons (Fsp3) is 0.500. The van der Waals surface area contributed by atoms with Crippen LogP contribution in [0, 0.1) is 11.6 Å². The number of hydrogen-bond donors (Lipinski definition) is 5. The second-order valence-corrected chi connectivity index (χ2v) is 5.26. The van der Waals surface area contributed by atoms with Crippen molar-refractivity contribution in [1.29, 1.82) is 0 Å². The average Bonchev–Trinajstić information content (AvgIpc) is 2.75. The maximum atomic E-state index is 13.4. The van der Waals surface area contributed by atoms with Gasteiger partial charge in [-0.05, 0) is 11.6 Å². The fourth-order valence-corrected chi connectivity index (χ4v) is 2.41. The summed E-state index contributed by atoms with van der Waals surface area (Å²) in [5.41, 5.74) is 0.0621. The normalized spacial score (nSPS) is 27.9. The van der Waals surface area contributed by atoms with Gasteiger partial charge in [-0.1, -0.05) is 6.07 Å². The molecule has 1 fully saturated rings. The highest BCUT2D eigenvalue weighted by Gasteiger charge is 2.40. The Morgan fingerprint density at radius 2 is 1.91 bits per heavy atom. The van der Waals surface area contributed by atoms with Gasteiger partial charge in [0.05, 0.1) is 37.3 Å². The minimum atomic E-state index is -1.12. The molecule has 8 heteroatoms. The lowest BCUT2D eigenvalue weighted by atomic mass is 10.1. The van der Waals surface area contributed by atoms with Crippen LogP contribution in [-0.4, -0.2) is 58.7 Å². The zero-order valence-electron chi connectivity index (χ0n) is 11.7. The van der Waals surface area contributed by atoms with E-state index in [4.69, 9.17) is 5.11 Å². The second-order valence-electron chi connectivity index (χ2n) is 5.26. The number of benzene rings is 1. The Labute approximate surface area is 125 Å². The zero-order valence-corrected chi connectivity index (χ0v) is 11.7. The van der Waals surface area contributed by atoms with Crippen molar-refractivity contribution in [2.75, 3.05) is 13.2 Å². The first-order valence-corrected chi connectivity index (χ1v) is 6.86. The van der Waals surface area contributed by atoms with E-state index in [2.05, 4.69) is 10.6 Å². The van der Waals surface area contributed by atoms with Crippen LogP contribution in [0.25, 0.3) is 0 Å². The molecule has 0 aliphatic carbocycles. The molecule has 0 bridgehead atoms. The highest BCUT2D eigenvalue weighted by atomic mass is 19.1. The molecule has 0 spiro atoms. The minimum Gasteiger partial charge on any atom is -0.395 e. The Bertz CT molecular complexity index is 544. The molecule has 6 nitrogen and oxygen atoms in total. The summed E-state index contributed by atoms with van der Waals surface area (Å²) in [5, 5.41) is 33.7. The molecule has 1 aliphatic rings. The first-order chi connectivity index (χ1) is 10.4. The third-order valence-electron chi connectivity index (χ3n) is 3.68. The zero-order chi connectivity index (χ0) is 16.3. The van der Waals surface area contributed by atoms with Crippen molar-refractivity contribution < 1.29 is 28.9 Å². The maximum absolute atomic E-state index is 13.4. The third-order valence-corrected chi connectivity index (χ3v) is 3.68. The smallest absolute Gasteiger partial charge is 0.224 e. The Hall–Kier alpha value is -1.61. The molecule has 4 atom stereocenters. The van der Waals surface area contributed by atoms with Gasteiger partial charge >= 0.3 is 0 Å². The van der Waals surface area contributed by atoms with Gasteiger partial charge in [0, 0.05) is 12.6 Å². The lowest BCUT2D eigenvalue weighted by Crippen LogP contribution is -2.44. The van der Waals surface area contributed by atoms with Gasteiger partial charge in [-0.3, -0.25) is 4.79 Å². The highest BCUT2D eigenvalue weighted by molar-refractivity contribution is 5.78. The molecule has 122 valence electrons. The van der Waals surface area contributed by atoms with E-state index >= 15 is 0 Å². The predicted molar refractivity (Wildman–Crippen MR) is 72.9 cm³/mol. The molecule has 0 saturated carbocycles. The first-order valence-electron chi connectivity index (χ1n) is 6.86. The van der Waals surface area contributed by atoms with Crippen molar-refractivity contribution in [2.24, 2.45) is 0 Å². The quantitative estimate of drug-likeness (QED) is 0.464. The van der Waals surface area contributed by atoms with Gasteiger partial charge in [-0.15, -0.1) is 0 Å². The number of amides is 1. The number of carbonyl (C=O) groups excluding carboxylic acids is 1. The van der Waals surface area contributed by atoms with Gasteiger partial charge in [0.2, 0.25) is 5.91 Å². The molecule has 1 aliphatic heterocycles. The monoisotopic (exact) mass is 316 g/mol. The van der Waals surface area contributed by atoms with E-state index in [1.165, 1.54) is 6.07 Å². The molecule has 22 heavy (non-hydrogen) atoms. The second kappa shape index (κ2) is 7.10. The summed E-state index contributed by atoms with van der Waals surface area (Å²) in [4.78, 5) is 11.8. The van der Waals surface area contributed by atoms with Gasteiger partial charge in [0.1, 0.15) is 11.6 Å². The lowest BCUT2D eigenvalue weighted by molar-refractivity contribution is -0.120. The third kappa shape index (κ3) is 3.77. The Balaban J connectivity index is 1.85. The van der Waals surface area contributed by atoms with Crippen molar-refractivity contribution in [3.63, 3.8) is 0 Å². The SMILES string of the molecule is O=C(Cc1ccc(F)cc1F)NC[C@H]1N[C@H](CO)[C@H](O)[C@@H]1O. The van der Waals surface area contributed by atoms with Crippen LogP contribution in [0.15, 0.2) is 18.2 Å². The van der Waals surface area contributed by atoms with E-state index in [0.29, 0.717) is 6.07 Å². The summed E-state index contributed by atoms with van der Waals surface area (Å²) in [7, 11) is 0. The van der Waals surface area contributed by atoms with Gasteiger partial charge in [0.15, 0.2) is 0 Å². The van der Waals surface area contributed by atoms with Crippen LogP contribution in [0.4, 0.5) is 8.78 Å². The number of carbonyl (C=O) groups is 1. The van der Waals surface area contributed by atoms with Crippen LogP contribution in [-0.2, 0) is 11.2 Å². The van der Waals surface area contributed by atoms with Crippen LogP contribution in [0.5, 0.6) is 0 Å². The molecule has 5 N–H and O–H groups in total. The van der Waals surface area contributed by atoms with E-state index in [9.17, 15) is 23.8 Å². The minimum absolute atomic E-state index is 0.0103. The summed E-state index contributed by atoms with van der Waals surface area (Å²) in [6, 6.07) is 1.68. The van der Waals surface area contributed by atoms with Crippen molar-refractivity contribution in [1.82, 2.24) is 10.6 Å². The van der Waals surface area contributed by atoms with Crippen molar-refractivity contribution in [3.8, 4) is 0 Å². The van der Waals surface area contributed by atoms with Crippen LogP contribution >= 0.6 is 0 Å². The molecule has 1 amide bonds. The molecular formula is C14H18F2N2O4. The Morgan fingerprint density at radius 3 is 2.50 bits per heavy atom. The molecular weight excluding hydrogens is 298 g/mol. The summed E-state index contributed by atoms with van der Waals surface area (Å²) >= 11 is 0. The van der Waals surface area contributed by atoms with Gasteiger partial charge in [0.25, 0.3) is 0 Å². The summed E-state index contributed by atoms with van der Waals surface area (Å²) < 4.78 is 26.2. The fourth-order valence-electron chi connectivity index (χ4n) is 2.41. The van der Waals surface area contributed by atoms with E-state index in [1.54, 1.807) is 0 Å². The largest absolute Gasteiger partial charge is 0.395 e. The molecule has 1 heterocycles. The Morgan fingerprint density at radius 1 is 1.23 bits per heavy atom. The molecule has 2 rings (SSSR count). The van der Waals surface area contributed by atoms with Gasteiger partial charge in [-0.2, -0.15) is 0 Å². The van der Waals surface area contributed by atoms with Crippen LogP contribution in [0.2, 0.25) is 0 Å². The van der Waals surface area contributed by atoms with Crippen LogP contribution in [0.1, 0.15) is 5.56 Å². The molecule has 1 aromatic rings. The topological polar surface area (TPSA) is 102 Å². The van der Waals surface area contributed by atoms with Crippen molar-refractivity contribution in [3.05, 3.63) is 35.4 Å². The maximum Gasteiger partial charge on any atom is 0.224 e. The van der Waals surface area contributed by atoms with Crippen LogP contribution in [0.3, 0.4) is 0 Å². The van der Waals surface area contributed by atoms with Gasteiger partial charge in [-0.25, -0.2) is 8.78 Å². The number of aliphatic hydroxyl groups is 3. The molecule has 1 aromatic carbocycles. The standard InChI is InChI=1S/C14H18F2N2O4/c15-8-2-1-7(9(16)4-8)3-12(20)17-5-10-13(21)14(22)11(6-19)18-10/h1-2,4,10-11,13-14,18-19,21-22H,3,5-6H2,(H,17,20)/t10-,11-,13-,14+/m1/s1. The number of halogens is 2. The first kappa shape index (κ1) is 16.8. The molecule has 0 aromatic heterocycles. The molecule has 0 radical (unpaired) electrons. The van der Waals surface area contributed by atoms with E-state index in [1.807, 2.05) is 0 Å². The molecule has 1 saturated heterocycles. The Kier molecular flexibility index (Phi) is 5.41. The summed E-state index contributed by atoms with van der Waals surface area (Å²) in [5.74, 6) is -2.02. The van der Waals surface area contributed by atoms with E-state index < -0.39 is 41.8 Å². The van der Waals surface area contributed by atoms with Crippen LogP contribution < -0.4 is 10.6 Å². The summed E-state index contributed by atoms with van der Waals surface area (Å²) in [6.45, 7) is -0.333. The molecule has 0 unspecified atom stereocenters. The lowest BCUT2D eigenvalue weighted by Gasteiger charge is -2.16. The highest BCUT2D eigenvalue weighted by Crippen LogP contribution is 2.14. The van der Waals surface area contributed by atoms with Crippen molar-refractivity contribution in [2.45, 2.75) is 30.7 Å².